The minimum Gasteiger partial charge on any atom is -0.465 e. The van der Waals surface area contributed by atoms with Crippen LogP contribution in [0.3, 0.4) is 0 Å². The van der Waals surface area contributed by atoms with Crippen LogP contribution in [-0.2, 0) is 19.2 Å². The first-order valence-electron chi connectivity index (χ1n) is 9.40. The molecule has 2 fully saturated rings. The number of hydrogen-bond acceptors (Lipinski definition) is 6. The Hall–Kier alpha value is -3.31. The average molecular weight is 408 g/mol. The van der Waals surface area contributed by atoms with Gasteiger partial charge in [0.1, 0.15) is 18.1 Å². The number of primary amides is 1. The van der Waals surface area contributed by atoms with Crippen LogP contribution < -0.4 is 21.7 Å². The van der Waals surface area contributed by atoms with Gasteiger partial charge in [-0.1, -0.05) is 0 Å². The maximum atomic E-state index is 13.1. The molecule has 0 aliphatic carbocycles. The zero-order chi connectivity index (χ0) is 21.1. The summed E-state index contributed by atoms with van der Waals surface area (Å²) in [4.78, 5) is 62.2. The van der Waals surface area contributed by atoms with Gasteiger partial charge in [0.25, 0.3) is 0 Å². The molecule has 0 aromatic carbocycles. The molecule has 0 radical (unpaired) electrons. The topological polar surface area (TPSA) is 174 Å². The average Bonchev–Trinajstić information content (AvgIpc) is 3.40. The number of rotatable bonds is 6. The van der Waals surface area contributed by atoms with Gasteiger partial charge in [0.15, 0.2) is 0 Å². The van der Waals surface area contributed by atoms with Gasteiger partial charge in [0.2, 0.25) is 23.6 Å². The Bertz CT molecular complexity index is 768. The molecule has 5 amide bonds. The smallest absolute Gasteiger partial charge is 0.412 e. The van der Waals surface area contributed by atoms with Crippen LogP contribution in [0.5, 0.6) is 0 Å². The Morgan fingerprint density at radius 1 is 1.31 bits per heavy atom. The quantitative estimate of drug-likeness (QED) is 0.338. The van der Waals surface area contributed by atoms with Gasteiger partial charge in [-0.3, -0.25) is 24.1 Å². The minimum absolute atomic E-state index is 0.0109. The predicted octanol–water partition coefficient (Wildman–Crippen LogP) is -2.00. The van der Waals surface area contributed by atoms with Crippen molar-refractivity contribution < 1.29 is 29.1 Å². The Balaban J connectivity index is 1.75. The lowest BCUT2D eigenvalue weighted by Gasteiger charge is -2.28. The second kappa shape index (κ2) is 8.37. The first-order chi connectivity index (χ1) is 13.8. The second-order valence-corrected chi connectivity index (χ2v) is 7.26. The molecule has 12 nitrogen and oxygen atoms in total. The molecule has 0 bridgehead atoms. The first-order valence-corrected chi connectivity index (χ1v) is 9.40. The van der Waals surface area contributed by atoms with E-state index in [1.807, 2.05) is 0 Å². The standard InChI is InChI=1S/C17H24N6O6/c18-14(25)12-2-1-5-23(12)16(27)11(6-9-7-22(8-19-9)17(28)29)21-15(26)10-3-4-13(24)20-10/h7,10-12,19H,1-6,8H2,(H2,18,25)(H,20,24)(H,21,26)(H,28,29). The molecule has 2 saturated heterocycles. The van der Waals surface area contributed by atoms with E-state index in [9.17, 15) is 24.0 Å². The molecule has 12 heteroatoms. The third kappa shape index (κ3) is 4.58. The molecule has 0 spiro atoms. The van der Waals surface area contributed by atoms with E-state index in [2.05, 4.69) is 16.0 Å². The molecule has 3 atom stereocenters. The Morgan fingerprint density at radius 3 is 2.66 bits per heavy atom. The first kappa shape index (κ1) is 20.4. The van der Waals surface area contributed by atoms with E-state index in [1.54, 1.807) is 0 Å². The Labute approximate surface area is 166 Å². The highest BCUT2D eigenvalue weighted by molar-refractivity contribution is 5.95. The number of nitrogens with one attached hydrogen (secondary N) is 3. The van der Waals surface area contributed by atoms with Crippen LogP contribution in [0, 0.1) is 0 Å². The molecule has 0 saturated carbocycles. The summed E-state index contributed by atoms with van der Waals surface area (Å²) in [5.41, 5.74) is 5.85. The van der Waals surface area contributed by atoms with Gasteiger partial charge < -0.3 is 31.7 Å². The van der Waals surface area contributed by atoms with Gasteiger partial charge in [-0.2, -0.15) is 0 Å². The van der Waals surface area contributed by atoms with E-state index in [0.717, 1.165) is 4.90 Å². The number of nitrogens with zero attached hydrogens (tertiary/aromatic N) is 2. The van der Waals surface area contributed by atoms with E-state index in [4.69, 9.17) is 10.8 Å². The van der Waals surface area contributed by atoms with Crippen molar-refractivity contribution >= 4 is 29.7 Å². The molecule has 6 N–H and O–H groups in total. The maximum absolute atomic E-state index is 13.1. The molecule has 29 heavy (non-hydrogen) atoms. The van der Waals surface area contributed by atoms with Crippen LogP contribution in [-0.4, -0.2) is 76.0 Å². The summed E-state index contributed by atoms with van der Waals surface area (Å²) >= 11 is 0. The van der Waals surface area contributed by atoms with E-state index in [-0.39, 0.29) is 25.4 Å². The van der Waals surface area contributed by atoms with Crippen molar-refractivity contribution in [2.45, 2.75) is 50.2 Å². The fourth-order valence-electron chi connectivity index (χ4n) is 3.74. The van der Waals surface area contributed by atoms with Crippen molar-refractivity contribution in [1.82, 2.24) is 25.8 Å². The zero-order valence-corrected chi connectivity index (χ0v) is 15.7. The van der Waals surface area contributed by atoms with Crippen molar-refractivity contribution in [3.63, 3.8) is 0 Å². The number of carbonyl (C=O) groups excluding carboxylic acids is 4. The van der Waals surface area contributed by atoms with Gasteiger partial charge in [-0.05, 0) is 19.3 Å². The molecule has 3 unspecified atom stereocenters. The van der Waals surface area contributed by atoms with Gasteiger partial charge in [-0.15, -0.1) is 0 Å². The number of carboxylic acid groups (broad SMARTS) is 1. The van der Waals surface area contributed by atoms with Crippen LogP contribution in [0.2, 0.25) is 0 Å². The number of amides is 5. The van der Waals surface area contributed by atoms with Crippen LogP contribution in [0.25, 0.3) is 0 Å². The molecule has 3 aliphatic heterocycles. The highest BCUT2D eigenvalue weighted by atomic mass is 16.4. The number of hydrogen-bond donors (Lipinski definition) is 5. The van der Waals surface area contributed by atoms with Crippen LogP contribution in [0.4, 0.5) is 4.79 Å². The predicted molar refractivity (Wildman–Crippen MR) is 97.6 cm³/mol. The van der Waals surface area contributed by atoms with Crippen molar-refractivity contribution in [1.29, 1.82) is 0 Å². The zero-order valence-electron chi connectivity index (χ0n) is 15.7. The summed E-state index contributed by atoms with van der Waals surface area (Å²) < 4.78 is 0. The van der Waals surface area contributed by atoms with Crippen molar-refractivity contribution in [3.05, 3.63) is 11.9 Å². The van der Waals surface area contributed by atoms with Crippen molar-refractivity contribution in [2.75, 3.05) is 13.2 Å². The number of carbonyl (C=O) groups is 5. The van der Waals surface area contributed by atoms with Gasteiger partial charge >= 0.3 is 6.09 Å². The summed E-state index contributed by atoms with van der Waals surface area (Å²) in [5.74, 6) is -1.82. The summed E-state index contributed by atoms with van der Waals surface area (Å²) in [6.45, 7) is 0.374. The lowest BCUT2D eigenvalue weighted by molar-refractivity contribution is -0.140. The summed E-state index contributed by atoms with van der Waals surface area (Å²) in [5, 5.41) is 17.1. The summed E-state index contributed by atoms with van der Waals surface area (Å²) in [7, 11) is 0. The fourth-order valence-corrected chi connectivity index (χ4v) is 3.74. The monoisotopic (exact) mass is 408 g/mol. The van der Waals surface area contributed by atoms with Crippen LogP contribution in [0.15, 0.2) is 11.9 Å². The van der Waals surface area contributed by atoms with E-state index < -0.39 is 41.9 Å². The molecule has 3 aliphatic rings. The lowest BCUT2D eigenvalue weighted by atomic mass is 10.1. The van der Waals surface area contributed by atoms with E-state index in [1.165, 1.54) is 11.1 Å². The maximum Gasteiger partial charge on any atom is 0.412 e. The molecule has 0 aromatic heterocycles. The highest BCUT2D eigenvalue weighted by Crippen LogP contribution is 2.21. The van der Waals surface area contributed by atoms with Crippen molar-refractivity contribution in [2.24, 2.45) is 5.73 Å². The van der Waals surface area contributed by atoms with Gasteiger partial charge in [-0.25, -0.2) is 4.79 Å². The van der Waals surface area contributed by atoms with Gasteiger partial charge in [0.05, 0.1) is 6.67 Å². The molecule has 3 rings (SSSR count). The molecule has 3 heterocycles. The SMILES string of the molecule is NC(=O)C1CCCN1C(=O)C(CC1=CN(C(=O)O)CN1)NC(=O)C1CCC(=O)N1. The molecule has 0 aromatic rings. The molecular formula is C17H24N6O6. The Kier molecular flexibility index (Phi) is 5.89. The summed E-state index contributed by atoms with van der Waals surface area (Å²) in [6, 6.07) is -2.51. The third-order valence-electron chi connectivity index (χ3n) is 5.25. The van der Waals surface area contributed by atoms with Crippen LogP contribution >= 0.6 is 0 Å². The van der Waals surface area contributed by atoms with E-state index >= 15 is 0 Å². The van der Waals surface area contributed by atoms with Crippen LogP contribution in [0.1, 0.15) is 32.1 Å². The highest BCUT2D eigenvalue weighted by Gasteiger charge is 2.38. The lowest BCUT2D eigenvalue weighted by Crippen LogP contribution is -2.55. The van der Waals surface area contributed by atoms with E-state index in [0.29, 0.717) is 31.5 Å². The largest absolute Gasteiger partial charge is 0.465 e. The minimum atomic E-state index is -1.15. The molecular weight excluding hydrogens is 384 g/mol. The van der Waals surface area contributed by atoms with Crippen molar-refractivity contribution in [3.8, 4) is 0 Å². The Morgan fingerprint density at radius 2 is 2.07 bits per heavy atom. The number of likely N-dealkylation sites (tertiary alicyclic amines) is 1. The fraction of sp³-hybridized carbons (Fsp3) is 0.588. The normalized spacial score (nSPS) is 24.6. The third-order valence-corrected chi connectivity index (χ3v) is 5.25. The summed E-state index contributed by atoms with van der Waals surface area (Å²) in [6.07, 6.45) is 1.83. The second-order valence-electron chi connectivity index (χ2n) is 7.26. The molecule has 158 valence electrons. The number of nitrogens with two attached hydrogens (primary N) is 1. The van der Waals surface area contributed by atoms with Gasteiger partial charge in [0, 0.05) is 31.3 Å².